The molecule has 0 amide bonds. The molecule has 2 saturated carbocycles. The lowest BCUT2D eigenvalue weighted by atomic mass is 10.2. The monoisotopic (exact) mass is 316 g/mol. The van der Waals surface area contributed by atoms with Crippen molar-refractivity contribution in [3.63, 3.8) is 0 Å². The Morgan fingerprint density at radius 3 is 1.35 bits per heavy atom. The Labute approximate surface area is 134 Å². The maximum Gasteiger partial charge on any atom is 0.0210 e. The molecule has 0 bridgehead atoms. The zero-order chi connectivity index (χ0) is 14.2. The molecule has 0 N–H and O–H groups in total. The molecule has 0 heterocycles. The molecule has 0 saturated heterocycles. The molecule has 2 aliphatic rings. The summed E-state index contributed by atoms with van der Waals surface area (Å²) in [6.45, 7) is 7.14. The minimum absolute atomic E-state index is 0.847. The van der Waals surface area contributed by atoms with Gasteiger partial charge in [0, 0.05) is 47.1 Å². The summed E-state index contributed by atoms with van der Waals surface area (Å²) in [6.07, 6.45) is 14.0. The van der Waals surface area contributed by atoms with E-state index >= 15 is 0 Å². The molecule has 20 heavy (non-hydrogen) atoms. The molecular formula is C16H32N2S2. The fourth-order valence-corrected chi connectivity index (χ4v) is 6.51. The van der Waals surface area contributed by atoms with Crippen molar-refractivity contribution >= 4 is 22.0 Å². The molecule has 0 unspecified atom stereocenters. The Kier molecular flexibility index (Phi) is 8.15. The van der Waals surface area contributed by atoms with Gasteiger partial charge in [0.25, 0.3) is 0 Å². The molecule has 0 spiro atoms. The van der Waals surface area contributed by atoms with Crippen LogP contribution in [0.2, 0.25) is 0 Å². The van der Waals surface area contributed by atoms with Gasteiger partial charge >= 0.3 is 0 Å². The smallest absolute Gasteiger partial charge is 0.0210 e. The zero-order valence-corrected chi connectivity index (χ0v) is 15.0. The highest BCUT2D eigenvalue weighted by Crippen LogP contribution is 2.39. The first-order valence-corrected chi connectivity index (χ1v) is 10.8. The van der Waals surface area contributed by atoms with Crippen molar-refractivity contribution in [1.82, 2.24) is 8.61 Å². The predicted octanol–water partition coefficient (Wildman–Crippen LogP) is 5.51. The molecule has 0 atom stereocenters. The van der Waals surface area contributed by atoms with E-state index in [1.54, 1.807) is 0 Å². The number of hydrogen-bond acceptors (Lipinski definition) is 4. The van der Waals surface area contributed by atoms with Gasteiger partial charge in [0.05, 0.1) is 0 Å². The van der Waals surface area contributed by atoms with E-state index in [4.69, 9.17) is 0 Å². The SMILES string of the molecule is CCCN(SSN(CCC)C1CCCC1)C1CCCC1. The van der Waals surface area contributed by atoms with Crippen LogP contribution >= 0.6 is 22.0 Å². The number of hydrogen-bond donors (Lipinski definition) is 0. The highest BCUT2D eigenvalue weighted by molar-refractivity contribution is 8.74. The summed E-state index contributed by atoms with van der Waals surface area (Å²) < 4.78 is 5.38. The van der Waals surface area contributed by atoms with Gasteiger partial charge in [-0.25, -0.2) is 8.61 Å². The van der Waals surface area contributed by atoms with Crippen LogP contribution < -0.4 is 0 Å². The zero-order valence-electron chi connectivity index (χ0n) is 13.4. The van der Waals surface area contributed by atoms with Crippen molar-refractivity contribution in [3.05, 3.63) is 0 Å². The van der Waals surface area contributed by atoms with E-state index in [1.165, 1.54) is 77.3 Å². The summed E-state index contributed by atoms with van der Waals surface area (Å²) in [6, 6.07) is 1.69. The first-order chi connectivity index (χ1) is 9.85. The maximum absolute atomic E-state index is 2.69. The van der Waals surface area contributed by atoms with Gasteiger partial charge in [0.15, 0.2) is 0 Å². The molecule has 0 aromatic heterocycles. The molecule has 118 valence electrons. The third-order valence-corrected chi connectivity index (χ3v) is 7.34. The van der Waals surface area contributed by atoms with E-state index in [2.05, 4.69) is 44.4 Å². The molecule has 0 aliphatic heterocycles. The second-order valence-electron chi connectivity index (χ2n) is 6.31. The third-order valence-electron chi connectivity index (χ3n) is 4.58. The summed E-state index contributed by atoms with van der Waals surface area (Å²) in [7, 11) is 4.11. The molecule has 0 aromatic rings. The Balaban J connectivity index is 1.81. The second kappa shape index (κ2) is 9.60. The van der Waals surface area contributed by atoms with Crippen LogP contribution in [0.5, 0.6) is 0 Å². The van der Waals surface area contributed by atoms with E-state index in [-0.39, 0.29) is 0 Å². The summed E-state index contributed by atoms with van der Waals surface area (Å²) in [5, 5.41) is 0. The van der Waals surface area contributed by atoms with Crippen LogP contribution in [0, 0.1) is 0 Å². The highest BCUT2D eigenvalue weighted by Gasteiger charge is 2.26. The Hall–Kier alpha value is 0.620. The van der Waals surface area contributed by atoms with Crippen LogP contribution in [0.1, 0.15) is 78.1 Å². The minimum Gasteiger partial charge on any atom is -0.237 e. The van der Waals surface area contributed by atoms with Gasteiger partial charge in [-0.15, -0.1) is 0 Å². The fourth-order valence-electron chi connectivity index (χ4n) is 3.47. The molecule has 2 rings (SSSR count). The van der Waals surface area contributed by atoms with Gasteiger partial charge < -0.3 is 0 Å². The summed E-state index contributed by atoms with van der Waals surface area (Å²) >= 11 is 0. The van der Waals surface area contributed by atoms with E-state index in [0.29, 0.717) is 0 Å². The Morgan fingerprint density at radius 1 is 0.700 bits per heavy atom. The van der Waals surface area contributed by atoms with Crippen molar-refractivity contribution in [1.29, 1.82) is 0 Å². The van der Waals surface area contributed by atoms with Crippen LogP contribution in [0.3, 0.4) is 0 Å². The van der Waals surface area contributed by atoms with Crippen LogP contribution in [0.25, 0.3) is 0 Å². The molecule has 0 radical (unpaired) electrons. The van der Waals surface area contributed by atoms with Gasteiger partial charge in [0.1, 0.15) is 0 Å². The molecule has 0 aromatic carbocycles. The average molecular weight is 317 g/mol. The summed E-state index contributed by atoms with van der Waals surface area (Å²) in [5.74, 6) is 0. The Morgan fingerprint density at radius 2 is 1.05 bits per heavy atom. The first-order valence-electron chi connectivity index (χ1n) is 8.73. The van der Waals surface area contributed by atoms with Gasteiger partial charge in [-0.2, -0.15) is 0 Å². The Bertz CT molecular complexity index is 225. The molecule has 2 aliphatic carbocycles. The summed E-state index contributed by atoms with van der Waals surface area (Å²) in [4.78, 5) is 0. The van der Waals surface area contributed by atoms with Crippen molar-refractivity contribution in [3.8, 4) is 0 Å². The standard InChI is InChI=1S/C16H32N2S2/c1-3-13-17(15-9-5-6-10-15)19-20-18(14-4-2)16-11-7-8-12-16/h15-16H,3-14H2,1-2H3. The average Bonchev–Trinajstić information content (AvgIpc) is 3.14. The lowest BCUT2D eigenvalue weighted by Crippen LogP contribution is -2.30. The molecule has 2 nitrogen and oxygen atoms in total. The third kappa shape index (κ3) is 5.11. The van der Waals surface area contributed by atoms with Gasteiger partial charge in [-0.3, -0.25) is 0 Å². The largest absolute Gasteiger partial charge is 0.237 e. The van der Waals surface area contributed by atoms with Crippen LogP contribution in [-0.2, 0) is 0 Å². The minimum atomic E-state index is 0.847. The summed E-state index contributed by atoms with van der Waals surface area (Å²) in [5.41, 5.74) is 0. The molecule has 2 fully saturated rings. The van der Waals surface area contributed by atoms with Gasteiger partial charge in [-0.05, 0) is 38.5 Å². The normalized spacial score (nSPS) is 21.6. The lowest BCUT2D eigenvalue weighted by Gasteiger charge is -2.31. The molecular weight excluding hydrogens is 284 g/mol. The lowest BCUT2D eigenvalue weighted by molar-refractivity contribution is 0.352. The van der Waals surface area contributed by atoms with E-state index in [0.717, 1.165) is 12.1 Å². The van der Waals surface area contributed by atoms with Crippen molar-refractivity contribution < 1.29 is 0 Å². The quantitative estimate of drug-likeness (QED) is 0.409. The number of nitrogens with zero attached hydrogens (tertiary/aromatic N) is 2. The van der Waals surface area contributed by atoms with E-state index in [9.17, 15) is 0 Å². The highest BCUT2D eigenvalue weighted by atomic mass is 33.1. The van der Waals surface area contributed by atoms with Crippen LogP contribution in [-0.4, -0.2) is 33.8 Å². The maximum atomic E-state index is 2.69. The van der Waals surface area contributed by atoms with E-state index in [1.807, 2.05) is 0 Å². The topological polar surface area (TPSA) is 6.48 Å². The predicted molar refractivity (Wildman–Crippen MR) is 93.7 cm³/mol. The van der Waals surface area contributed by atoms with Gasteiger partial charge in [-0.1, -0.05) is 39.5 Å². The number of rotatable bonds is 9. The van der Waals surface area contributed by atoms with Gasteiger partial charge in [0.2, 0.25) is 0 Å². The first kappa shape index (κ1) is 17.0. The van der Waals surface area contributed by atoms with Crippen molar-refractivity contribution in [2.75, 3.05) is 13.1 Å². The van der Waals surface area contributed by atoms with Crippen molar-refractivity contribution in [2.45, 2.75) is 90.1 Å². The van der Waals surface area contributed by atoms with E-state index < -0.39 is 0 Å². The second-order valence-corrected chi connectivity index (χ2v) is 8.44. The van der Waals surface area contributed by atoms with Crippen LogP contribution in [0.4, 0.5) is 0 Å². The fraction of sp³-hybridized carbons (Fsp3) is 1.00. The van der Waals surface area contributed by atoms with Crippen molar-refractivity contribution in [2.24, 2.45) is 0 Å². The molecule has 4 heteroatoms. The van der Waals surface area contributed by atoms with Crippen LogP contribution in [0.15, 0.2) is 0 Å².